The molecule has 3 rings (SSSR count). The van der Waals surface area contributed by atoms with E-state index in [2.05, 4.69) is 37.9 Å². The van der Waals surface area contributed by atoms with E-state index in [0.29, 0.717) is 11.5 Å². The fourth-order valence-electron chi connectivity index (χ4n) is 2.66. The molecule has 8 nitrogen and oxygen atoms in total. The largest absolute Gasteiger partial charge is 0.389 e. The number of rotatable bonds is 10. The number of hydrogen-bond donors (Lipinski definition) is 1. The second-order valence-corrected chi connectivity index (χ2v) is 6.35. The Balaban J connectivity index is 1.68. The maximum Gasteiger partial charge on any atom is 0.204 e. The van der Waals surface area contributed by atoms with Crippen LogP contribution in [0.2, 0.25) is 0 Å². The molecule has 0 saturated heterocycles. The van der Waals surface area contributed by atoms with Gasteiger partial charge in [0.1, 0.15) is 5.82 Å². The van der Waals surface area contributed by atoms with Gasteiger partial charge in [0.25, 0.3) is 0 Å². The molecule has 1 N–H and O–H groups in total. The number of unbranched alkanes of at least 4 members (excludes halogenated alkanes) is 2. The Morgan fingerprint density at radius 2 is 1.96 bits per heavy atom. The number of tetrazole rings is 1. The summed E-state index contributed by atoms with van der Waals surface area (Å²) in [5.74, 6) is 1.38. The average Bonchev–Trinajstić information content (AvgIpc) is 3.15. The van der Waals surface area contributed by atoms with Crippen molar-refractivity contribution in [3.05, 3.63) is 65.6 Å². The van der Waals surface area contributed by atoms with Crippen LogP contribution in [0, 0.1) is 0 Å². The third-order valence-corrected chi connectivity index (χ3v) is 4.14. The van der Waals surface area contributed by atoms with Crippen LogP contribution in [0.25, 0.3) is 0 Å². The molecule has 0 fully saturated rings. The number of benzene rings is 1. The molecule has 0 aliphatic rings. The fraction of sp³-hybridized carbons (Fsp3) is 0.350. The first kappa shape index (κ1) is 19.5. The number of nitrogens with one attached hydrogen (secondary N) is 1. The van der Waals surface area contributed by atoms with Gasteiger partial charge in [-0.25, -0.2) is 9.67 Å². The molecular formula is C20H25N7O. The number of hydrogen-bond acceptors (Lipinski definition) is 7. The molecule has 0 aliphatic carbocycles. The third-order valence-electron chi connectivity index (χ3n) is 4.14. The van der Waals surface area contributed by atoms with Gasteiger partial charge in [0, 0.05) is 19.2 Å². The highest BCUT2D eigenvalue weighted by atomic mass is 16.6. The zero-order valence-electron chi connectivity index (χ0n) is 16.2. The van der Waals surface area contributed by atoms with E-state index in [1.807, 2.05) is 48.5 Å². The minimum Gasteiger partial charge on any atom is -0.389 e. The van der Waals surface area contributed by atoms with E-state index in [4.69, 9.17) is 4.84 Å². The molecule has 0 radical (unpaired) electrons. The van der Waals surface area contributed by atoms with Gasteiger partial charge in [0.2, 0.25) is 5.82 Å². The normalized spacial score (nSPS) is 11.4. The summed E-state index contributed by atoms with van der Waals surface area (Å²) in [5.41, 5.74) is 2.24. The van der Waals surface area contributed by atoms with E-state index in [0.717, 1.165) is 30.0 Å². The number of oxime groups is 1. The van der Waals surface area contributed by atoms with Gasteiger partial charge in [-0.05, 0) is 29.0 Å². The van der Waals surface area contributed by atoms with Crippen LogP contribution in [0.4, 0.5) is 5.82 Å². The molecule has 0 spiro atoms. The van der Waals surface area contributed by atoms with Crippen molar-refractivity contribution in [2.24, 2.45) is 12.2 Å². The standard InChI is InChI=1S/C20H25N7O/c1-3-4-8-14-21-18-13-9-12-17(22-18)15-28-24-19(16-10-6-5-7-11-16)20-23-25-26-27(20)2/h5-7,9-13H,3-4,8,14-15H2,1-2H3,(H,21,22)/b24-19+. The van der Waals surface area contributed by atoms with Crippen molar-refractivity contribution in [1.82, 2.24) is 25.2 Å². The predicted molar refractivity (Wildman–Crippen MR) is 108 cm³/mol. The Labute approximate surface area is 164 Å². The minimum atomic E-state index is 0.256. The van der Waals surface area contributed by atoms with E-state index in [-0.39, 0.29) is 6.61 Å². The molecule has 0 saturated carbocycles. The molecule has 0 atom stereocenters. The molecule has 0 amide bonds. The molecule has 146 valence electrons. The van der Waals surface area contributed by atoms with E-state index < -0.39 is 0 Å². The van der Waals surface area contributed by atoms with Gasteiger partial charge in [-0.15, -0.1) is 5.10 Å². The second kappa shape index (κ2) is 10.1. The van der Waals surface area contributed by atoms with E-state index in [1.54, 1.807) is 11.7 Å². The summed E-state index contributed by atoms with van der Waals surface area (Å²) >= 11 is 0. The third kappa shape index (κ3) is 5.35. The average molecular weight is 379 g/mol. The van der Waals surface area contributed by atoms with Crippen molar-refractivity contribution in [2.45, 2.75) is 32.8 Å². The van der Waals surface area contributed by atoms with E-state index in [9.17, 15) is 0 Å². The first-order valence-corrected chi connectivity index (χ1v) is 9.46. The van der Waals surface area contributed by atoms with E-state index >= 15 is 0 Å². The summed E-state index contributed by atoms with van der Waals surface area (Å²) < 4.78 is 1.56. The van der Waals surface area contributed by atoms with Crippen LogP contribution in [-0.2, 0) is 18.5 Å². The maximum atomic E-state index is 5.60. The lowest BCUT2D eigenvalue weighted by Crippen LogP contribution is -2.12. The minimum absolute atomic E-state index is 0.256. The zero-order valence-corrected chi connectivity index (χ0v) is 16.2. The summed E-state index contributed by atoms with van der Waals surface area (Å²) in [6.07, 6.45) is 3.55. The van der Waals surface area contributed by atoms with Crippen LogP contribution < -0.4 is 5.32 Å². The van der Waals surface area contributed by atoms with Crippen molar-refractivity contribution < 1.29 is 4.84 Å². The first-order chi connectivity index (χ1) is 13.8. The molecule has 0 unspecified atom stereocenters. The zero-order chi connectivity index (χ0) is 19.6. The molecule has 1 aromatic carbocycles. The summed E-state index contributed by atoms with van der Waals surface area (Å²) in [4.78, 5) is 10.2. The van der Waals surface area contributed by atoms with Gasteiger partial charge in [0.15, 0.2) is 12.3 Å². The molecule has 0 bridgehead atoms. The topological polar surface area (TPSA) is 90.1 Å². The first-order valence-electron chi connectivity index (χ1n) is 9.46. The van der Waals surface area contributed by atoms with Crippen LogP contribution >= 0.6 is 0 Å². The number of aromatic nitrogens is 5. The molecule has 2 aromatic heterocycles. The van der Waals surface area contributed by atoms with Crippen molar-refractivity contribution >= 4 is 11.5 Å². The lowest BCUT2D eigenvalue weighted by molar-refractivity contribution is 0.128. The summed E-state index contributed by atoms with van der Waals surface area (Å²) in [5, 5.41) is 19.3. The Hall–Kier alpha value is -3.29. The molecule has 28 heavy (non-hydrogen) atoms. The summed E-state index contributed by atoms with van der Waals surface area (Å²) in [6.45, 7) is 3.37. The van der Waals surface area contributed by atoms with Crippen molar-refractivity contribution in [2.75, 3.05) is 11.9 Å². The highest BCUT2D eigenvalue weighted by Gasteiger charge is 2.14. The highest BCUT2D eigenvalue weighted by molar-refractivity contribution is 6.10. The Morgan fingerprint density at radius 3 is 2.71 bits per heavy atom. The number of anilines is 1. The fourth-order valence-corrected chi connectivity index (χ4v) is 2.66. The lowest BCUT2D eigenvalue weighted by Gasteiger charge is -2.08. The second-order valence-electron chi connectivity index (χ2n) is 6.35. The molecule has 3 aromatic rings. The summed E-state index contributed by atoms with van der Waals surface area (Å²) in [6, 6.07) is 15.5. The quantitative estimate of drug-likeness (QED) is 0.331. The van der Waals surface area contributed by atoms with E-state index in [1.165, 1.54) is 12.8 Å². The summed E-state index contributed by atoms with van der Waals surface area (Å²) in [7, 11) is 1.77. The van der Waals surface area contributed by atoms with Crippen molar-refractivity contribution in [3.63, 3.8) is 0 Å². The van der Waals surface area contributed by atoms with Gasteiger partial charge in [0.05, 0.1) is 5.69 Å². The van der Waals surface area contributed by atoms with Gasteiger partial charge in [-0.2, -0.15) is 0 Å². The monoisotopic (exact) mass is 379 g/mol. The molecule has 8 heteroatoms. The smallest absolute Gasteiger partial charge is 0.204 e. The van der Waals surface area contributed by atoms with Crippen LogP contribution in [0.1, 0.15) is 43.3 Å². The van der Waals surface area contributed by atoms with Crippen molar-refractivity contribution in [1.29, 1.82) is 0 Å². The number of nitrogens with zero attached hydrogens (tertiary/aromatic N) is 6. The van der Waals surface area contributed by atoms with Crippen LogP contribution in [0.3, 0.4) is 0 Å². The lowest BCUT2D eigenvalue weighted by atomic mass is 10.1. The highest BCUT2D eigenvalue weighted by Crippen LogP contribution is 2.10. The Kier molecular flexibility index (Phi) is 7.06. The Bertz CT molecular complexity index is 892. The molecule has 2 heterocycles. The number of aryl methyl sites for hydroxylation is 1. The van der Waals surface area contributed by atoms with Gasteiger partial charge < -0.3 is 10.2 Å². The molecule has 0 aliphatic heterocycles. The Morgan fingerprint density at radius 1 is 1.11 bits per heavy atom. The SMILES string of the molecule is CCCCCNc1cccc(CO/N=C(\c2ccccc2)c2nnnn2C)n1. The van der Waals surface area contributed by atoms with Gasteiger partial charge in [-0.3, -0.25) is 0 Å². The van der Waals surface area contributed by atoms with Gasteiger partial charge in [-0.1, -0.05) is 61.3 Å². The maximum absolute atomic E-state index is 5.60. The van der Waals surface area contributed by atoms with Crippen LogP contribution in [0.5, 0.6) is 0 Å². The van der Waals surface area contributed by atoms with Crippen molar-refractivity contribution in [3.8, 4) is 0 Å². The molecular weight excluding hydrogens is 354 g/mol. The van der Waals surface area contributed by atoms with Crippen LogP contribution in [-0.4, -0.2) is 37.4 Å². The number of pyridine rings is 1. The predicted octanol–water partition coefficient (Wildman–Crippen LogP) is 3.18. The van der Waals surface area contributed by atoms with Gasteiger partial charge >= 0.3 is 0 Å². The van der Waals surface area contributed by atoms with Crippen LogP contribution in [0.15, 0.2) is 53.7 Å².